The highest BCUT2D eigenvalue weighted by Gasteiger charge is 2.09. The van der Waals surface area contributed by atoms with Gasteiger partial charge in [-0.2, -0.15) is 0 Å². The summed E-state index contributed by atoms with van der Waals surface area (Å²) in [6.45, 7) is 5.31. The van der Waals surface area contributed by atoms with Gasteiger partial charge in [-0.25, -0.2) is 0 Å². The van der Waals surface area contributed by atoms with Crippen LogP contribution in [0.4, 0.5) is 0 Å². The summed E-state index contributed by atoms with van der Waals surface area (Å²) in [6.07, 6.45) is 3.43. The molecule has 2 N–H and O–H groups in total. The SMILES string of the molecule is CN(C)CCN1CC=C(CN)CC1. The van der Waals surface area contributed by atoms with Gasteiger partial charge in [0.1, 0.15) is 0 Å². The summed E-state index contributed by atoms with van der Waals surface area (Å²) in [5.74, 6) is 0. The second-order valence-corrected chi connectivity index (χ2v) is 3.92. The van der Waals surface area contributed by atoms with Gasteiger partial charge in [-0.1, -0.05) is 11.6 Å². The zero-order valence-electron chi connectivity index (χ0n) is 8.79. The molecule has 0 atom stereocenters. The van der Waals surface area contributed by atoms with E-state index in [1.54, 1.807) is 0 Å². The van der Waals surface area contributed by atoms with Gasteiger partial charge in [-0.3, -0.25) is 4.90 Å². The molecule has 0 fully saturated rings. The van der Waals surface area contributed by atoms with Gasteiger partial charge in [-0.15, -0.1) is 0 Å². The van der Waals surface area contributed by atoms with Crippen molar-refractivity contribution in [3.05, 3.63) is 11.6 Å². The molecule has 0 saturated carbocycles. The van der Waals surface area contributed by atoms with Crippen LogP contribution in [0.1, 0.15) is 6.42 Å². The molecule has 0 bridgehead atoms. The fraction of sp³-hybridized carbons (Fsp3) is 0.800. The summed E-state index contributed by atoms with van der Waals surface area (Å²) in [5, 5.41) is 0. The van der Waals surface area contributed by atoms with E-state index < -0.39 is 0 Å². The molecular formula is C10H21N3. The molecule has 1 rings (SSSR count). The first-order valence-electron chi connectivity index (χ1n) is 4.97. The smallest absolute Gasteiger partial charge is 0.0166 e. The summed E-state index contributed by atoms with van der Waals surface area (Å²) >= 11 is 0. The molecule has 0 amide bonds. The Bertz CT molecular complexity index is 175. The topological polar surface area (TPSA) is 32.5 Å². The summed E-state index contributed by atoms with van der Waals surface area (Å²) < 4.78 is 0. The maximum Gasteiger partial charge on any atom is 0.0166 e. The van der Waals surface area contributed by atoms with Gasteiger partial charge in [0.2, 0.25) is 0 Å². The lowest BCUT2D eigenvalue weighted by Crippen LogP contribution is -2.35. The van der Waals surface area contributed by atoms with Crippen LogP contribution in [0.25, 0.3) is 0 Å². The van der Waals surface area contributed by atoms with Crippen molar-refractivity contribution in [1.29, 1.82) is 0 Å². The molecule has 0 spiro atoms. The second kappa shape index (κ2) is 5.37. The molecule has 0 aromatic rings. The predicted octanol–water partition coefficient (Wildman–Crippen LogP) is 0.139. The van der Waals surface area contributed by atoms with Crippen LogP contribution in [0.2, 0.25) is 0 Å². The third kappa shape index (κ3) is 3.89. The lowest BCUT2D eigenvalue weighted by molar-refractivity contribution is 0.255. The molecular weight excluding hydrogens is 162 g/mol. The third-order valence-corrected chi connectivity index (χ3v) is 2.51. The molecule has 13 heavy (non-hydrogen) atoms. The van der Waals surface area contributed by atoms with Crippen LogP contribution < -0.4 is 5.73 Å². The molecule has 1 aliphatic heterocycles. The van der Waals surface area contributed by atoms with Gasteiger partial charge in [-0.05, 0) is 20.5 Å². The van der Waals surface area contributed by atoms with E-state index in [0.717, 1.165) is 26.1 Å². The molecule has 3 heteroatoms. The van der Waals surface area contributed by atoms with E-state index >= 15 is 0 Å². The van der Waals surface area contributed by atoms with Gasteiger partial charge in [0.15, 0.2) is 0 Å². The van der Waals surface area contributed by atoms with Crippen molar-refractivity contribution in [3.63, 3.8) is 0 Å². The van der Waals surface area contributed by atoms with Crippen molar-refractivity contribution in [2.24, 2.45) is 5.73 Å². The summed E-state index contributed by atoms with van der Waals surface area (Å²) in [6, 6.07) is 0. The van der Waals surface area contributed by atoms with Crippen molar-refractivity contribution >= 4 is 0 Å². The Labute approximate surface area is 81.2 Å². The minimum absolute atomic E-state index is 0.738. The number of nitrogens with two attached hydrogens (primary N) is 1. The van der Waals surface area contributed by atoms with Crippen molar-refractivity contribution in [3.8, 4) is 0 Å². The van der Waals surface area contributed by atoms with Gasteiger partial charge in [0.25, 0.3) is 0 Å². The Hall–Kier alpha value is -0.380. The first-order chi connectivity index (χ1) is 6.22. The average Bonchev–Trinajstić information content (AvgIpc) is 2.15. The van der Waals surface area contributed by atoms with E-state index in [1.165, 1.54) is 18.7 Å². The van der Waals surface area contributed by atoms with E-state index in [2.05, 4.69) is 30.0 Å². The molecule has 76 valence electrons. The van der Waals surface area contributed by atoms with Crippen LogP contribution in [-0.4, -0.2) is 56.6 Å². The van der Waals surface area contributed by atoms with E-state index in [-0.39, 0.29) is 0 Å². The molecule has 1 aliphatic rings. The Morgan fingerprint density at radius 3 is 2.77 bits per heavy atom. The van der Waals surface area contributed by atoms with Crippen LogP contribution in [0.3, 0.4) is 0 Å². The van der Waals surface area contributed by atoms with Gasteiger partial charge >= 0.3 is 0 Å². The van der Waals surface area contributed by atoms with Gasteiger partial charge < -0.3 is 10.6 Å². The lowest BCUT2D eigenvalue weighted by Gasteiger charge is -2.26. The molecule has 0 aromatic heterocycles. The van der Waals surface area contributed by atoms with E-state index in [1.807, 2.05) is 0 Å². The fourth-order valence-corrected chi connectivity index (χ4v) is 1.48. The normalized spacial score (nSPS) is 19.2. The fourth-order valence-electron chi connectivity index (χ4n) is 1.48. The largest absolute Gasteiger partial charge is 0.327 e. The first kappa shape index (κ1) is 10.7. The number of nitrogens with zero attached hydrogens (tertiary/aromatic N) is 2. The zero-order chi connectivity index (χ0) is 9.68. The second-order valence-electron chi connectivity index (χ2n) is 3.92. The average molecular weight is 183 g/mol. The minimum Gasteiger partial charge on any atom is -0.327 e. The van der Waals surface area contributed by atoms with E-state index in [0.29, 0.717) is 0 Å². The third-order valence-electron chi connectivity index (χ3n) is 2.51. The highest BCUT2D eigenvalue weighted by molar-refractivity contribution is 5.08. The minimum atomic E-state index is 0.738. The maximum absolute atomic E-state index is 5.58. The van der Waals surface area contributed by atoms with Crippen LogP contribution in [0.15, 0.2) is 11.6 Å². The maximum atomic E-state index is 5.58. The first-order valence-corrected chi connectivity index (χ1v) is 4.97. The highest BCUT2D eigenvalue weighted by atomic mass is 15.2. The van der Waals surface area contributed by atoms with Crippen LogP contribution in [0, 0.1) is 0 Å². The molecule has 0 unspecified atom stereocenters. The predicted molar refractivity (Wildman–Crippen MR) is 56.7 cm³/mol. The summed E-state index contributed by atoms with van der Waals surface area (Å²) in [4.78, 5) is 4.70. The monoisotopic (exact) mass is 183 g/mol. The molecule has 0 aliphatic carbocycles. The Kier molecular flexibility index (Phi) is 4.42. The quantitative estimate of drug-likeness (QED) is 0.629. The zero-order valence-corrected chi connectivity index (χ0v) is 8.79. The molecule has 3 nitrogen and oxygen atoms in total. The van der Waals surface area contributed by atoms with Crippen molar-refractivity contribution < 1.29 is 0 Å². The van der Waals surface area contributed by atoms with Crippen LogP contribution in [-0.2, 0) is 0 Å². The van der Waals surface area contributed by atoms with Gasteiger partial charge in [0, 0.05) is 32.7 Å². The van der Waals surface area contributed by atoms with E-state index in [4.69, 9.17) is 5.73 Å². The molecule has 1 heterocycles. The van der Waals surface area contributed by atoms with Crippen LogP contribution >= 0.6 is 0 Å². The highest BCUT2D eigenvalue weighted by Crippen LogP contribution is 2.08. The number of likely N-dealkylation sites (N-methyl/N-ethyl adjacent to an activating group) is 1. The Morgan fingerprint density at radius 2 is 2.31 bits per heavy atom. The van der Waals surface area contributed by atoms with E-state index in [9.17, 15) is 0 Å². The standard InChI is InChI=1S/C10H21N3/c1-12(2)7-8-13-5-3-10(9-11)4-6-13/h3H,4-9,11H2,1-2H3. The lowest BCUT2D eigenvalue weighted by atomic mass is 10.1. The number of hydrogen-bond donors (Lipinski definition) is 1. The Morgan fingerprint density at radius 1 is 1.54 bits per heavy atom. The summed E-state index contributed by atoms with van der Waals surface area (Å²) in [5.41, 5.74) is 6.99. The van der Waals surface area contributed by atoms with Crippen LogP contribution in [0.5, 0.6) is 0 Å². The number of hydrogen-bond acceptors (Lipinski definition) is 3. The van der Waals surface area contributed by atoms with Crippen molar-refractivity contribution in [1.82, 2.24) is 9.80 Å². The van der Waals surface area contributed by atoms with Crippen molar-refractivity contribution in [2.45, 2.75) is 6.42 Å². The van der Waals surface area contributed by atoms with Crippen molar-refractivity contribution in [2.75, 3.05) is 46.8 Å². The molecule has 0 radical (unpaired) electrons. The Balaban J connectivity index is 2.21. The molecule has 0 aromatic carbocycles. The number of rotatable bonds is 4. The molecule has 0 saturated heterocycles. The summed E-state index contributed by atoms with van der Waals surface area (Å²) in [7, 11) is 4.23. The van der Waals surface area contributed by atoms with Gasteiger partial charge in [0.05, 0.1) is 0 Å².